The van der Waals surface area contributed by atoms with E-state index in [1.54, 1.807) is 29.5 Å². The van der Waals surface area contributed by atoms with Crippen LogP contribution in [0.25, 0.3) is 10.4 Å². The molecule has 1 fully saturated rings. The molecule has 3 nitrogen and oxygen atoms in total. The second-order valence-electron chi connectivity index (χ2n) is 7.22. The van der Waals surface area contributed by atoms with Crippen molar-refractivity contribution in [1.82, 2.24) is 4.90 Å². The van der Waals surface area contributed by atoms with Crippen LogP contribution in [0.5, 0.6) is 0 Å². The second-order valence-corrected chi connectivity index (χ2v) is 8.17. The van der Waals surface area contributed by atoms with E-state index in [9.17, 15) is 9.18 Å². The number of benzene rings is 2. The van der Waals surface area contributed by atoms with E-state index in [-0.39, 0.29) is 17.5 Å². The van der Waals surface area contributed by atoms with Gasteiger partial charge in [0, 0.05) is 18.0 Å². The van der Waals surface area contributed by atoms with Gasteiger partial charge in [-0.25, -0.2) is 4.39 Å². The van der Waals surface area contributed by atoms with Gasteiger partial charge in [0.05, 0.1) is 11.6 Å². The minimum Gasteiger partial charge on any atom is -0.323 e. The Morgan fingerprint density at radius 2 is 2.04 bits per heavy atom. The topological polar surface area (TPSA) is 32.3 Å². The fraction of sp³-hybridized carbons (Fsp3) is 0.261. The fourth-order valence-corrected chi connectivity index (χ4v) is 4.46. The molecule has 144 valence electrons. The molecule has 1 aliphatic heterocycles. The largest absolute Gasteiger partial charge is 0.323 e. The number of thiophene rings is 1. The summed E-state index contributed by atoms with van der Waals surface area (Å²) in [6.07, 6.45) is 1.81. The number of anilines is 1. The number of likely N-dealkylation sites (tertiary alicyclic amines) is 1. The number of nitrogens with one attached hydrogen (secondary N) is 1. The number of hydrogen-bond donors (Lipinski definition) is 1. The molecule has 0 spiro atoms. The van der Waals surface area contributed by atoms with E-state index in [4.69, 9.17) is 0 Å². The van der Waals surface area contributed by atoms with Gasteiger partial charge in [0.15, 0.2) is 0 Å². The zero-order chi connectivity index (χ0) is 19.3. The molecule has 28 heavy (non-hydrogen) atoms. The minimum atomic E-state index is -0.395. The first-order valence-corrected chi connectivity index (χ1v) is 10.5. The smallest absolute Gasteiger partial charge is 0.228 e. The van der Waals surface area contributed by atoms with Crippen LogP contribution in [-0.2, 0) is 11.3 Å². The summed E-state index contributed by atoms with van der Waals surface area (Å²) in [6.45, 7) is 2.50. The average Bonchev–Trinajstić information content (AvgIpc) is 3.25. The van der Waals surface area contributed by atoms with Gasteiger partial charge in [0.25, 0.3) is 0 Å². The highest BCUT2D eigenvalue weighted by molar-refractivity contribution is 7.13. The van der Waals surface area contributed by atoms with Crippen LogP contribution in [0.2, 0.25) is 0 Å². The lowest BCUT2D eigenvalue weighted by Crippen LogP contribution is -2.40. The third-order valence-corrected chi connectivity index (χ3v) is 6.07. The highest BCUT2D eigenvalue weighted by atomic mass is 32.1. The van der Waals surface area contributed by atoms with E-state index in [1.165, 1.54) is 22.1 Å². The summed E-state index contributed by atoms with van der Waals surface area (Å²) in [5, 5.41) is 4.84. The molecular weight excluding hydrogens is 371 g/mol. The Bertz CT molecular complexity index is 941. The molecule has 5 heteroatoms. The van der Waals surface area contributed by atoms with Crippen molar-refractivity contribution in [1.29, 1.82) is 0 Å². The normalized spacial score (nSPS) is 17.4. The van der Waals surface area contributed by atoms with E-state index in [0.29, 0.717) is 6.54 Å². The standard InChI is InChI=1S/C23H23FN2OS/c24-20-9-1-2-10-21(20)25-23(27)19-8-4-12-26(16-19)15-17-6-3-7-18(14-17)22-11-5-13-28-22/h1-3,5-7,9-11,13-14,19H,4,8,12,15-16H2,(H,25,27). The van der Waals surface area contributed by atoms with Crippen molar-refractivity contribution >= 4 is 22.9 Å². The maximum absolute atomic E-state index is 13.8. The van der Waals surface area contributed by atoms with Crippen molar-refractivity contribution < 1.29 is 9.18 Å². The molecule has 1 atom stereocenters. The van der Waals surface area contributed by atoms with Gasteiger partial charge in [-0.2, -0.15) is 0 Å². The maximum atomic E-state index is 13.8. The van der Waals surface area contributed by atoms with E-state index in [2.05, 4.69) is 52.0 Å². The van der Waals surface area contributed by atoms with Crippen LogP contribution >= 0.6 is 11.3 Å². The summed E-state index contributed by atoms with van der Waals surface area (Å²) in [4.78, 5) is 16.2. The summed E-state index contributed by atoms with van der Waals surface area (Å²) in [5.74, 6) is -0.607. The Kier molecular flexibility index (Phi) is 5.84. The van der Waals surface area contributed by atoms with Gasteiger partial charge in [-0.1, -0.05) is 36.4 Å². The number of carbonyl (C=O) groups is 1. The van der Waals surface area contributed by atoms with Crippen molar-refractivity contribution in [2.45, 2.75) is 19.4 Å². The summed E-state index contributed by atoms with van der Waals surface area (Å²) in [6, 6.07) is 19.1. The van der Waals surface area contributed by atoms with Crippen molar-refractivity contribution in [3.05, 3.63) is 77.4 Å². The molecule has 1 N–H and O–H groups in total. The number of carbonyl (C=O) groups excluding carboxylic acids is 1. The zero-order valence-corrected chi connectivity index (χ0v) is 16.4. The van der Waals surface area contributed by atoms with E-state index >= 15 is 0 Å². The summed E-state index contributed by atoms with van der Waals surface area (Å²) in [7, 11) is 0. The third-order valence-electron chi connectivity index (χ3n) is 5.15. The van der Waals surface area contributed by atoms with Gasteiger partial charge >= 0.3 is 0 Å². The molecule has 2 heterocycles. The summed E-state index contributed by atoms with van der Waals surface area (Å²) < 4.78 is 13.8. The van der Waals surface area contributed by atoms with Crippen LogP contribution in [0, 0.1) is 11.7 Å². The molecule has 1 unspecified atom stereocenters. The van der Waals surface area contributed by atoms with Gasteiger partial charge in [-0.15, -0.1) is 11.3 Å². The number of hydrogen-bond acceptors (Lipinski definition) is 3. The minimum absolute atomic E-state index is 0.0952. The van der Waals surface area contributed by atoms with Crippen molar-refractivity contribution in [2.24, 2.45) is 5.92 Å². The maximum Gasteiger partial charge on any atom is 0.228 e. The lowest BCUT2D eigenvalue weighted by Gasteiger charge is -2.32. The van der Waals surface area contributed by atoms with Crippen LogP contribution < -0.4 is 5.32 Å². The highest BCUT2D eigenvalue weighted by Crippen LogP contribution is 2.27. The van der Waals surface area contributed by atoms with Crippen molar-refractivity contribution in [2.75, 3.05) is 18.4 Å². The lowest BCUT2D eigenvalue weighted by atomic mass is 9.96. The van der Waals surface area contributed by atoms with E-state index < -0.39 is 5.82 Å². The molecule has 3 aromatic rings. The average molecular weight is 395 g/mol. The van der Waals surface area contributed by atoms with Crippen LogP contribution in [0.4, 0.5) is 10.1 Å². The zero-order valence-electron chi connectivity index (χ0n) is 15.6. The number of piperidine rings is 1. The van der Waals surface area contributed by atoms with E-state index in [0.717, 1.165) is 25.9 Å². The molecule has 2 aromatic carbocycles. The number of para-hydroxylation sites is 1. The Labute approximate surface area is 168 Å². The molecule has 4 rings (SSSR count). The molecule has 1 saturated heterocycles. The molecule has 0 bridgehead atoms. The summed E-state index contributed by atoms with van der Waals surface area (Å²) >= 11 is 1.74. The van der Waals surface area contributed by atoms with Gasteiger partial charge in [0.2, 0.25) is 5.91 Å². The first-order chi connectivity index (χ1) is 13.7. The Morgan fingerprint density at radius 3 is 2.86 bits per heavy atom. The molecule has 0 aliphatic carbocycles. The predicted octanol–water partition coefficient (Wildman–Crippen LogP) is 5.40. The third kappa shape index (κ3) is 4.49. The molecular formula is C23H23FN2OS. The van der Waals surface area contributed by atoms with Crippen LogP contribution in [-0.4, -0.2) is 23.9 Å². The lowest BCUT2D eigenvalue weighted by molar-refractivity contribution is -0.121. The molecule has 1 aromatic heterocycles. The first-order valence-electron chi connectivity index (χ1n) is 9.59. The Hall–Kier alpha value is -2.50. The fourth-order valence-electron chi connectivity index (χ4n) is 3.73. The molecule has 0 saturated carbocycles. The monoisotopic (exact) mass is 394 g/mol. The molecule has 1 aliphatic rings. The second kappa shape index (κ2) is 8.67. The quantitative estimate of drug-likeness (QED) is 0.628. The SMILES string of the molecule is O=C(Nc1ccccc1F)C1CCCN(Cc2cccc(-c3cccs3)c2)C1. The highest BCUT2D eigenvalue weighted by Gasteiger charge is 2.26. The van der Waals surface area contributed by atoms with Crippen molar-refractivity contribution in [3.63, 3.8) is 0 Å². The van der Waals surface area contributed by atoms with Crippen LogP contribution in [0.15, 0.2) is 66.0 Å². The molecule has 0 radical (unpaired) electrons. The van der Waals surface area contributed by atoms with Crippen LogP contribution in [0.3, 0.4) is 0 Å². The number of rotatable bonds is 5. The number of nitrogens with zero attached hydrogens (tertiary/aromatic N) is 1. The van der Waals surface area contributed by atoms with Crippen molar-refractivity contribution in [3.8, 4) is 10.4 Å². The number of halogens is 1. The van der Waals surface area contributed by atoms with Gasteiger partial charge < -0.3 is 5.32 Å². The Balaban J connectivity index is 1.39. The first kappa shape index (κ1) is 18.8. The molecule has 1 amide bonds. The van der Waals surface area contributed by atoms with E-state index in [1.807, 2.05) is 0 Å². The van der Waals surface area contributed by atoms with Crippen LogP contribution in [0.1, 0.15) is 18.4 Å². The van der Waals surface area contributed by atoms with Gasteiger partial charge in [-0.05, 0) is 60.2 Å². The van der Waals surface area contributed by atoms with Gasteiger partial charge in [0.1, 0.15) is 5.82 Å². The Morgan fingerprint density at radius 1 is 1.14 bits per heavy atom. The predicted molar refractivity (Wildman–Crippen MR) is 113 cm³/mol. The summed E-state index contributed by atoms with van der Waals surface area (Å²) in [5.41, 5.74) is 2.74. The van der Waals surface area contributed by atoms with Gasteiger partial charge in [-0.3, -0.25) is 9.69 Å². The number of amides is 1.